The largest absolute Gasteiger partial charge is 0.385 e. The van der Waals surface area contributed by atoms with Gasteiger partial charge in [0, 0.05) is 0 Å². The number of aliphatic hydroxyl groups is 1. The molecule has 0 bridgehead atoms. The van der Waals surface area contributed by atoms with E-state index in [1.54, 1.807) is 13.0 Å². The summed E-state index contributed by atoms with van der Waals surface area (Å²) in [4.78, 5) is 0. The minimum atomic E-state index is -0.811. The zero-order chi connectivity index (χ0) is 11.1. The molecule has 1 nitrogen and oxygen atoms in total. The molecule has 1 saturated carbocycles. The molecule has 82 valence electrons. The summed E-state index contributed by atoms with van der Waals surface area (Å²) in [6, 6.07) is 5.07. The van der Waals surface area contributed by atoms with Crippen molar-refractivity contribution < 1.29 is 9.50 Å². The molecule has 1 aliphatic rings. The summed E-state index contributed by atoms with van der Waals surface area (Å²) < 4.78 is 13.4. The predicted octanol–water partition coefficient (Wildman–Crippen LogP) is 3.14. The van der Waals surface area contributed by atoms with Crippen LogP contribution in [0, 0.1) is 18.7 Å². The first-order chi connectivity index (χ1) is 7.04. The second-order valence-corrected chi connectivity index (χ2v) is 4.68. The van der Waals surface area contributed by atoms with E-state index in [0.717, 1.165) is 24.8 Å². The highest BCUT2D eigenvalue weighted by Gasteiger charge is 2.39. The van der Waals surface area contributed by atoms with Gasteiger partial charge in [-0.1, -0.05) is 19.1 Å². The molecule has 15 heavy (non-hydrogen) atoms. The zero-order valence-corrected chi connectivity index (χ0v) is 9.26. The predicted molar refractivity (Wildman–Crippen MR) is 58.0 cm³/mol. The monoisotopic (exact) mass is 208 g/mol. The quantitative estimate of drug-likeness (QED) is 0.751. The van der Waals surface area contributed by atoms with E-state index in [0.29, 0.717) is 5.56 Å². The molecular weight excluding hydrogens is 191 g/mol. The van der Waals surface area contributed by atoms with Crippen molar-refractivity contribution >= 4 is 0 Å². The second kappa shape index (κ2) is 3.60. The van der Waals surface area contributed by atoms with Crippen molar-refractivity contribution in [3.63, 3.8) is 0 Å². The summed E-state index contributed by atoms with van der Waals surface area (Å²) in [6.45, 7) is 3.77. The molecule has 2 atom stereocenters. The van der Waals surface area contributed by atoms with Crippen molar-refractivity contribution in [2.24, 2.45) is 5.92 Å². The average molecular weight is 208 g/mol. The maximum Gasteiger partial charge on any atom is 0.126 e. The standard InChI is InChI=1S/C13H17FO/c1-9-5-6-11(8-12(9)14)13(15)7-3-4-10(13)2/h5-6,8,10,15H,3-4,7H2,1-2H3. The lowest BCUT2D eigenvalue weighted by Crippen LogP contribution is -2.28. The minimum Gasteiger partial charge on any atom is -0.385 e. The normalized spacial score (nSPS) is 30.8. The molecule has 1 fully saturated rings. The highest BCUT2D eigenvalue weighted by Crippen LogP contribution is 2.43. The lowest BCUT2D eigenvalue weighted by Gasteiger charge is -2.28. The Bertz CT molecular complexity index is 375. The first kappa shape index (κ1) is 10.6. The van der Waals surface area contributed by atoms with Crippen LogP contribution in [0.5, 0.6) is 0 Å². The summed E-state index contributed by atoms with van der Waals surface area (Å²) in [5.74, 6) is -0.000342. The topological polar surface area (TPSA) is 20.2 Å². The van der Waals surface area contributed by atoms with Crippen LogP contribution < -0.4 is 0 Å². The lowest BCUT2D eigenvalue weighted by atomic mass is 9.85. The third-order valence-corrected chi connectivity index (χ3v) is 3.68. The van der Waals surface area contributed by atoms with E-state index in [1.807, 2.05) is 13.0 Å². The Labute approximate surface area is 89.9 Å². The van der Waals surface area contributed by atoms with Crippen LogP contribution >= 0.6 is 0 Å². The fraction of sp³-hybridized carbons (Fsp3) is 0.538. The van der Waals surface area contributed by atoms with Crippen molar-refractivity contribution in [2.75, 3.05) is 0 Å². The molecule has 0 radical (unpaired) electrons. The average Bonchev–Trinajstić information content (AvgIpc) is 2.53. The van der Waals surface area contributed by atoms with Crippen molar-refractivity contribution in [3.05, 3.63) is 35.1 Å². The molecule has 1 aromatic carbocycles. The van der Waals surface area contributed by atoms with E-state index in [4.69, 9.17) is 0 Å². The highest BCUT2D eigenvalue weighted by molar-refractivity contribution is 5.29. The van der Waals surface area contributed by atoms with E-state index < -0.39 is 5.60 Å². The van der Waals surface area contributed by atoms with E-state index in [1.165, 1.54) is 6.07 Å². The number of hydrogen-bond acceptors (Lipinski definition) is 1. The number of halogens is 1. The molecule has 0 spiro atoms. The van der Waals surface area contributed by atoms with Crippen LogP contribution in [0.4, 0.5) is 4.39 Å². The van der Waals surface area contributed by atoms with E-state index in [9.17, 15) is 9.50 Å². The molecule has 1 aromatic rings. The van der Waals surface area contributed by atoms with Gasteiger partial charge in [0.2, 0.25) is 0 Å². The van der Waals surface area contributed by atoms with Gasteiger partial charge in [-0.2, -0.15) is 0 Å². The SMILES string of the molecule is Cc1ccc(C2(O)CCCC2C)cc1F. The Morgan fingerprint density at radius 2 is 2.20 bits per heavy atom. The van der Waals surface area contributed by atoms with E-state index in [-0.39, 0.29) is 11.7 Å². The van der Waals surface area contributed by atoms with Gasteiger partial charge in [0.1, 0.15) is 5.82 Å². The molecule has 2 unspecified atom stereocenters. The number of benzene rings is 1. The Balaban J connectivity index is 2.40. The summed E-state index contributed by atoms with van der Waals surface area (Å²) in [5, 5.41) is 10.5. The Morgan fingerprint density at radius 1 is 1.47 bits per heavy atom. The van der Waals surface area contributed by atoms with Gasteiger partial charge in [0.05, 0.1) is 5.60 Å². The van der Waals surface area contributed by atoms with Crippen molar-refractivity contribution in [2.45, 2.75) is 38.7 Å². The Morgan fingerprint density at radius 3 is 2.73 bits per heavy atom. The van der Waals surface area contributed by atoms with Gasteiger partial charge in [-0.3, -0.25) is 0 Å². The van der Waals surface area contributed by atoms with Crippen LogP contribution in [-0.2, 0) is 5.60 Å². The molecule has 1 aliphatic carbocycles. The third kappa shape index (κ3) is 1.67. The number of rotatable bonds is 1. The Hall–Kier alpha value is -0.890. The molecule has 0 heterocycles. The van der Waals surface area contributed by atoms with Gasteiger partial charge in [-0.25, -0.2) is 4.39 Å². The molecule has 0 aromatic heterocycles. The second-order valence-electron chi connectivity index (χ2n) is 4.68. The fourth-order valence-corrected chi connectivity index (χ4v) is 2.45. The first-order valence-corrected chi connectivity index (χ1v) is 5.53. The summed E-state index contributed by atoms with van der Waals surface area (Å²) in [5.41, 5.74) is 0.553. The van der Waals surface area contributed by atoms with Crippen molar-refractivity contribution in [1.29, 1.82) is 0 Å². The van der Waals surface area contributed by atoms with Crippen LogP contribution in [0.1, 0.15) is 37.3 Å². The fourth-order valence-electron chi connectivity index (χ4n) is 2.45. The van der Waals surface area contributed by atoms with Crippen LogP contribution in [0.25, 0.3) is 0 Å². The van der Waals surface area contributed by atoms with Gasteiger partial charge in [-0.05, 0) is 49.3 Å². The molecular formula is C13H17FO. The van der Waals surface area contributed by atoms with Crippen LogP contribution in [-0.4, -0.2) is 5.11 Å². The van der Waals surface area contributed by atoms with Crippen LogP contribution in [0.3, 0.4) is 0 Å². The van der Waals surface area contributed by atoms with Gasteiger partial charge in [0.15, 0.2) is 0 Å². The van der Waals surface area contributed by atoms with E-state index in [2.05, 4.69) is 0 Å². The molecule has 0 aliphatic heterocycles. The van der Waals surface area contributed by atoms with Gasteiger partial charge >= 0.3 is 0 Å². The van der Waals surface area contributed by atoms with Crippen LogP contribution in [0.15, 0.2) is 18.2 Å². The third-order valence-electron chi connectivity index (χ3n) is 3.68. The maximum absolute atomic E-state index is 13.4. The smallest absolute Gasteiger partial charge is 0.126 e. The molecule has 1 N–H and O–H groups in total. The Kier molecular flexibility index (Phi) is 2.55. The van der Waals surface area contributed by atoms with Crippen molar-refractivity contribution in [3.8, 4) is 0 Å². The number of aryl methyl sites for hydroxylation is 1. The summed E-state index contributed by atoms with van der Waals surface area (Å²) in [7, 11) is 0. The minimum absolute atomic E-state index is 0.222. The molecule has 0 saturated heterocycles. The van der Waals surface area contributed by atoms with Gasteiger partial charge < -0.3 is 5.11 Å². The van der Waals surface area contributed by atoms with E-state index >= 15 is 0 Å². The first-order valence-electron chi connectivity index (χ1n) is 5.53. The molecule has 2 rings (SSSR count). The number of hydrogen-bond donors (Lipinski definition) is 1. The van der Waals surface area contributed by atoms with Gasteiger partial charge in [0.25, 0.3) is 0 Å². The molecule has 2 heteroatoms. The molecule has 0 amide bonds. The maximum atomic E-state index is 13.4. The summed E-state index contributed by atoms with van der Waals surface area (Å²) in [6.07, 6.45) is 2.79. The van der Waals surface area contributed by atoms with Gasteiger partial charge in [-0.15, -0.1) is 0 Å². The lowest BCUT2D eigenvalue weighted by molar-refractivity contribution is 0.00420. The van der Waals surface area contributed by atoms with Crippen LogP contribution in [0.2, 0.25) is 0 Å². The zero-order valence-electron chi connectivity index (χ0n) is 9.26. The summed E-state index contributed by atoms with van der Waals surface area (Å²) >= 11 is 0. The highest BCUT2D eigenvalue weighted by atomic mass is 19.1. The van der Waals surface area contributed by atoms with Crippen molar-refractivity contribution in [1.82, 2.24) is 0 Å².